The van der Waals surface area contributed by atoms with Crippen molar-refractivity contribution in [2.45, 2.75) is 24.9 Å². The Hall–Kier alpha value is -4.31. The summed E-state index contributed by atoms with van der Waals surface area (Å²) < 4.78 is 7.34. The molecule has 1 aliphatic carbocycles. The number of rotatable bonds is 8. The number of amides is 1. The minimum Gasteiger partial charge on any atom is -0.496 e. The van der Waals surface area contributed by atoms with Gasteiger partial charge >= 0.3 is 0 Å². The second-order valence-corrected chi connectivity index (χ2v) is 8.71. The first kappa shape index (κ1) is 23.4. The quantitative estimate of drug-likeness (QED) is 0.347. The molecule has 0 aliphatic heterocycles. The summed E-state index contributed by atoms with van der Waals surface area (Å²) in [5, 5.41) is 25.2. The molecule has 5 rings (SSSR count). The van der Waals surface area contributed by atoms with E-state index in [1.54, 1.807) is 31.5 Å². The molecule has 36 heavy (non-hydrogen) atoms. The lowest BCUT2D eigenvalue weighted by Gasteiger charge is -2.30. The average molecular weight is 486 g/mol. The van der Waals surface area contributed by atoms with Crippen LogP contribution in [0.5, 0.6) is 5.75 Å². The van der Waals surface area contributed by atoms with E-state index in [2.05, 4.69) is 30.8 Å². The topological polar surface area (TPSA) is 127 Å². The summed E-state index contributed by atoms with van der Waals surface area (Å²) in [5.41, 5.74) is 3.02. The largest absolute Gasteiger partial charge is 0.496 e. The summed E-state index contributed by atoms with van der Waals surface area (Å²) in [6, 6.07) is 14.7. The van der Waals surface area contributed by atoms with Gasteiger partial charge in [-0.2, -0.15) is 0 Å². The fourth-order valence-electron chi connectivity index (χ4n) is 4.67. The van der Waals surface area contributed by atoms with E-state index >= 15 is 0 Å². The molecular weight excluding hydrogens is 458 g/mol. The van der Waals surface area contributed by atoms with Crippen LogP contribution >= 0.6 is 0 Å². The van der Waals surface area contributed by atoms with Gasteiger partial charge in [0.2, 0.25) is 0 Å². The van der Waals surface area contributed by atoms with E-state index in [-0.39, 0.29) is 12.5 Å². The molecule has 2 heterocycles. The van der Waals surface area contributed by atoms with E-state index in [4.69, 9.17) is 4.74 Å². The number of anilines is 1. The standard InChI is InChI=1S/C26H27N7O3/c1-33-23(31-32-24(33)21-10-12-27-16-29-21)14-28-18-6-3-5-17(13-18)25(35)30-26(15-34)11-9-19-20(26)7-4-8-22(19)36-2/h3-8,10,12-13,16,28,34H,9,11,14-15H2,1-2H3,(H,30,35). The highest BCUT2D eigenvalue weighted by molar-refractivity contribution is 5.95. The molecular formula is C26H27N7O3. The smallest absolute Gasteiger partial charge is 0.252 e. The van der Waals surface area contributed by atoms with Crippen molar-refractivity contribution in [3.8, 4) is 17.3 Å². The molecule has 0 saturated carbocycles. The molecule has 1 atom stereocenters. The van der Waals surface area contributed by atoms with Crippen molar-refractivity contribution in [2.75, 3.05) is 19.0 Å². The van der Waals surface area contributed by atoms with Gasteiger partial charge in [0.15, 0.2) is 11.6 Å². The van der Waals surface area contributed by atoms with Crippen LogP contribution in [0.25, 0.3) is 11.5 Å². The van der Waals surface area contributed by atoms with Crippen LogP contribution in [0.15, 0.2) is 61.1 Å². The van der Waals surface area contributed by atoms with Crippen LogP contribution in [0.2, 0.25) is 0 Å². The Balaban J connectivity index is 1.30. The summed E-state index contributed by atoms with van der Waals surface area (Å²) in [6.07, 6.45) is 4.45. The molecule has 2 aromatic heterocycles. The predicted octanol–water partition coefficient (Wildman–Crippen LogP) is 2.46. The molecule has 0 radical (unpaired) electrons. The maximum atomic E-state index is 13.3. The molecule has 1 aliphatic rings. The zero-order valence-corrected chi connectivity index (χ0v) is 20.1. The number of carbonyl (C=O) groups is 1. The first-order valence-electron chi connectivity index (χ1n) is 11.6. The summed E-state index contributed by atoms with van der Waals surface area (Å²) in [7, 11) is 3.50. The van der Waals surface area contributed by atoms with Gasteiger partial charge in [-0.3, -0.25) is 4.79 Å². The van der Waals surface area contributed by atoms with Crippen molar-refractivity contribution >= 4 is 11.6 Å². The molecule has 0 fully saturated rings. The van der Waals surface area contributed by atoms with E-state index in [1.165, 1.54) is 6.33 Å². The Kier molecular flexibility index (Phi) is 6.34. The van der Waals surface area contributed by atoms with Gasteiger partial charge in [-0.05, 0) is 54.3 Å². The highest BCUT2D eigenvalue weighted by Crippen LogP contribution is 2.41. The van der Waals surface area contributed by atoms with Crippen LogP contribution in [0.3, 0.4) is 0 Å². The van der Waals surface area contributed by atoms with Crippen molar-refractivity contribution in [2.24, 2.45) is 7.05 Å². The highest BCUT2D eigenvalue weighted by atomic mass is 16.5. The fourth-order valence-corrected chi connectivity index (χ4v) is 4.67. The minimum atomic E-state index is -0.847. The maximum Gasteiger partial charge on any atom is 0.252 e. The second kappa shape index (κ2) is 9.74. The van der Waals surface area contributed by atoms with Crippen LogP contribution in [0, 0.1) is 0 Å². The van der Waals surface area contributed by atoms with Gasteiger partial charge in [-0.1, -0.05) is 18.2 Å². The number of hydrogen-bond donors (Lipinski definition) is 3. The zero-order valence-electron chi connectivity index (χ0n) is 20.1. The van der Waals surface area contributed by atoms with Gasteiger partial charge in [0.05, 0.1) is 25.8 Å². The van der Waals surface area contributed by atoms with Crippen LogP contribution in [-0.4, -0.2) is 49.5 Å². The normalized spacial score (nSPS) is 16.4. The Bertz CT molecular complexity index is 1390. The van der Waals surface area contributed by atoms with Gasteiger partial charge in [-0.15, -0.1) is 10.2 Å². The van der Waals surface area contributed by atoms with E-state index < -0.39 is 5.54 Å². The van der Waals surface area contributed by atoms with Crippen LogP contribution < -0.4 is 15.4 Å². The number of ether oxygens (including phenoxy) is 1. The summed E-state index contributed by atoms with van der Waals surface area (Å²) in [5.74, 6) is 1.88. The van der Waals surface area contributed by atoms with Crippen molar-refractivity contribution in [3.63, 3.8) is 0 Å². The molecule has 0 bridgehead atoms. The Labute approximate surface area is 208 Å². The molecule has 10 nitrogen and oxygen atoms in total. The summed E-state index contributed by atoms with van der Waals surface area (Å²) in [4.78, 5) is 21.4. The fraction of sp³-hybridized carbons (Fsp3) is 0.269. The number of fused-ring (bicyclic) bond motifs is 1. The van der Waals surface area contributed by atoms with Crippen LogP contribution in [0.4, 0.5) is 5.69 Å². The average Bonchev–Trinajstić information content (AvgIpc) is 3.48. The second-order valence-electron chi connectivity index (χ2n) is 8.71. The van der Waals surface area contributed by atoms with Crippen LogP contribution in [0.1, 0.15) is 33.7 Å². The lowest BCUT2D eigenvalue weighted by atomic mass is 9.92. The number of nitrogens with one attached hydrogen (secondary N) is 2. The third-order valence-corrected chi connectivity index (χ3v) is 6.64. The lowest BCUT2D eigenvalue weighted by molar-refractivity contribution is 0.0829. The van der Waals surface area contributed by atoms with E-state index in [0.717, 1.165) is 29.0 Å². The van der Waals surface area contributed by atoms with Crippen LogP contribution in [-0.2, 0) is 25.6 Å². The maximum absolute atomic E-state index is 13.3. The first-order valence-corrected chi connectivity index (χ1v) is 11.6. The molecule has 2 aromatic carbocycles. The predicted molar refractivity (Wildman–Crippen MR) is 133 cm³/mol. The van der Waals surface area contributed by atoms with Gasteiger partial charge in [-0.25, -0.2) is 9.97 Å². The third kappa shape index (κ3) is 4.27. The van der Waals surface area contributed by atoms with Gasteiger partial charge in [0.1, 0.15) is 17.8 Å². The minimum absolute atomic E-state index is 0.197. The van der Waals surface area contributed by atoms with Gasteiger partial charge in [0, 0.05) is 24.5 Å². The number of aliphatic hydroxyl groups excluding tert-OH is 1. The molecule has 1 amide bonds. The molecule has 3 N–H and O–H groups in total. The number of nitrogens with zero attached hydrogens (tertiary/aromatic N) is 5. The Morgan fingerprint density at radius 2 is 2.06 bits per heavy atom. The highest BCUT2D eigenvalue weighted by Gasteiger charge is 2.41. The molecule has 4 aromatic rings. The monoisotopic (exact) mass is 485 g/mol. The van der Waals surface area contributed by atoms with Crippen molar-refractivity contribution < 1.29 is 14.6 Å². The Morgan fingerprint density at radius 3 is 2.83 bits per heavy atom. The molecule has 0 spiro atoms. The lowest BCUT2D eigenvalue weighted by Crippen LogP contribution is -2.47. The zero-order chi connectivity index (χ0) is 25.1. The van der Waals surface area contributed by atoms with Crippen molar-refractivity contribution in [1.82, 2.24) is 30.0 Å². The SMILES string of the molecule is COc1cccc2c1CCC2(CO)NC(=O)c1cccc(NCc2nnc(-c3ccncn3)n2C)c1. The number of aliphatic hydroxyl groups is 1. The van der Waals surface area contributed by atoms with E-state index in [9.17, 15) is 9.90 Å². The number of carbonyl (C=O) groups excluding carboxylic acids is 1. The molecule has 10 heteroatoms. The molecule has 1 unspecified atom stereocenters. The van der Waals surface area contributed by atoms with Gasteiger partial charge < -0.3 is 25.0 Å². The number of methoxy groups -OCH3 is 1. The number of hydrogen-bond acceptors (Lipinski definition) is 8. The summed E-state index contributed by atoms with van der Waals surface area (Å²) >= 11 is 0. The van der Waals surface area contributed by atoms with E-state index in [1.807, 2.05) is 41.9 Å². The first-order chi connectivity index (χ1) is 17.5. The number of benzene rings is 2. The van der Waals surface area contributed by atoms with Crippen molar-refractivity contribution in [3.05, 3.63) is 83.6 Å². The molecule has 0 saturated heterocycles. The van der Waals surface area contributed by atoms with Crippen molar-refractivity contribution in [1.29, 1.82) is 0 Å². The third-order valence-electron chi connectivity index (χ3n) is 6.64. The molecule has 184 valence electrons. The number of aromatic nitrogens is 5. The summed E-state index contributed by atoms with van der Waals surface area (Å²) in [6.45, 7) is 0.213. The van der Waals surface area contributed by atoms with E-state index in [0.29, 0.717) is 35.9 Å². The van der Waals surface area contributed by atoms with Gasteiger partial charge in [0.25, 0.3) is 5.91 Å². The Morgan fingerprint density at radius 1 is 1.19 bits per heavy atom.